The fraction of sp³-hybridized carbons (Fsp3) is 0.909. The van der Waals surface area contributed by atoms with Gasteiger partial charge in [-0.2, -0.15) is 0 Å². The van der Waals surface area contributed by atoms with Gasteiger partial charge in [0.05, 0.1) is 11.5 Å². The van der Waals surface area contributed by atoms with Crippen molar-refractivity contribution in [2.75, 3.05) is 24.6 Å². The Labute approximate surface area is 104 Å². The zero-order chi connectivity index (χ0) is 12.7. The average Bonchev–Trinajstić information content (AvgIpc) is 2.28. The van der Waals surface area contributed by atoms with Crippen molar-refractivity contribution in [1.82, 2.24) is 5.32 Å². The highest BCUT2D eigenvalue weighted by Crippen LogP contribution is 2.18. The van der Waals surface area contributed by atoms with E-state index in [0.717, 1.165) is 19.4 Å². The second-order valence-electron chi connectivity index (χ2n) is 4.60. The number of unbranched alkanes of at least 4 members (excludes halogenated alkanes) is 1. The monoisotopic (exact) mass is 261 g/mol. The van der Waals surface area contributed by atoms with Crippen molar-refractivity contribution in [2.45, 2.75) is 32.6 Å². The number of rotatable bonds is 5. The van der Waals surface area contributed by atoms with E-state index in [1.807, 2.05) is 0 Å². The van der Waals surface area contributed by atoms with Gasteiger partial charge in [0.1, 0.15) is 9.84 Å². The smallest absolute Gasteiger partial charge is 0.188 e. The van der Waals surface area contributed by atoms with Crippen LogP contribution in [0.1, 0.15) is 32.6 Å². The van der Waals surface area contributed by atoms with E-state index in [1.54, 1.807) is 0 Å². The predicted octanol–water partition coefficient (Wildman–Crippen LogP) is 0.516. The van der Waals surface area contributed by atoms with Crippen LogP contribution in [0, 0.1) is 5.92 Å². The Morgan fingerprint density at radius 2 is 2.06 bits per heavy atom. The number of sulfone groups is 1. The van der Waals surface area contributed by atoms with Gasteiger partial charge < -0.3 is 11.1 Å². The lowest BCUT2D eigenvalue weighted by Crippen LogP contribution is -2.33. The second-order valence-corrected chi connectivity index (χ2v) is 6.91. The van der Waals surface area contributed by atoms with Gasteiger partial charge in [-0.1, -0.05) is 13.3 Å². The van der Waals surface area contributed by atoms with Crippen molar-refractivity contribution < 1.29 is 8.42 Å². The minimum Gasteiger partial charge on any atom is -0.370 e. The molecule has 0 aromatic carbocycles. The van der Waals surface area contributed by atoms with Crippen LogP contribution >= 0.6 is 0 Å². The highest BCUT2D eigenvalue weighted by atomic mass is 32.2. The van der Waals surface area contributed by atoms with Gasteiger partial charge in [-0.25, -0.2) is 8.42 Å². The highest BCUT2D eigenvalue weighted by molar-refractivity contribution is 7.91. The van der Waals surface area contributed by atoms with E-state index in [-0.39, 0.29) is 0 Å². The van der Waals surface area contributed by atoms with Crippen molar-refractivity contribution in [1.29, 1.82) is 0 Å². The Hall–Kier alpha value is -0.780. The van der Waals surface area contributed by atoms with Gasteiger partial charge in [0.25, 0.3) is 0 Å². The summed E-state index contributed by atoms with van der Waals surface area (Å²) in [6.07, 6.45) is 3.64. The van der Waals surface area contributed by atoms with E-state index in [0.29, 0.717) is 42.8 Å². The first-order chi connectivity index (χ1) is 8.03. The third-order valence-corrected chi connectivity index (χ3v) is 4.75. The molecule has 3 N–H and O–H groups in total. The zero-order valence-electron chi connectivity index (χ0n) is 10.5. The summed E-state index contributed by atoms with van der Waals surface area (Å²) in [7, 11) is -2.77. The Balaban J connectivity index is 2.24. The van der Waals surface area contributed by atoms with E-state index >= 15 is 0 Å². The van der Waals surface area contributed by atoms with Crippen LogP contribution in [0.3, 0.4) is 0 Å². The molecule has 1 rings (SSSR count). The Morgan fingerprint density at radius 1 is 1.41 bits per heavy atom. The Morgan fingerprint density at radius 3 is 2.65 bits per heavy atom. The molecule has 1 fully saturated rings. The van der Waals surface area contributed by atoms with E-state index in [2.05, 4.69) is 17.2 Å². The van der Waals surface area contributed by atoms with Crippen molar-refractivity contribution in [3.05, 3.63) is 0 Å². The molecule has 0 spiro atoms. The lowest BCUT2D eigenvalue weighted by molar-refractivity contribution is 0.474. The van der Waals surface area contributed by atoms with Gasteiger partial charge in [-0.15, -0.1) is 0 Å². The summed E-state index contributed by atoms with van der Waals surface area (Å²) in [6.45, 7) is 3.61. The minimum atomic E-state index is -2.77. The van der Waals surface area contributed by atoms with Crippen LogP contribution in [-0.4, -0.2) is 39.0 Å². The maximum atomic E-state index is 11.2. The third kappa shape index (κ3) is 5.91. The van der Waals surface area contributed by atoms with Crippen LogP contribution in [0.4, 0.5) is 0 Å². The molecule has 0 radical (unpaired) electrons. The minimum absolute atomic E-state index is 0.302. The normalized spacial score (nSPS) is 21.4. The van der Waals surface area contributed by atoms with Gasteiger partial charge in [-0.3, -0.25) is 4.99 Å². The molecule has 0 unspecified atom stereocenters. The maximum Gasteiger partial charge on any atom is 0.188 e. The zero-order valence-corrected chi connectivity index (χ0v) is 11.3. The molecule has 0 amide bonds. The number of nitrogens with one attached hydrogen (secondary N) is 1. The van der Waals surface area contributed by atoms with Gasteiger partial charge >= 0.3 is 0 Å². The lowest BCUT2D eigenvalue weighted by atomic mass is 10.0. The van der Waals surface area contributed by atoms with Crippen molar-refractivity contribution in [3.63, 3.8) is 0 Å². The highest BCUT2D eigenvalue weighted by Gasteiger charge is 2.23. The van der Waals surface area contributed by atoms with E-state index < -0.39 is 9.84 Å². The van der Waals surface area contributed by atoms with Crippen LogP contribution in [-0.2, 0) is 9.84 Å². The van der Waals surface area contributed by atoms with Gasteiger partial charge in [0.15, 0.2) is 5.96 Å². The first-order valence-corrected chi connectivity index (χ1v) is 8.10. The van der Waals surface area contributed by atoms with Crippen molar-refractivity contribution in [2.24, 2.45) is 16.6 Å². The molecule has 5 nitrogen and oxygen atoms in total. The Kier molecular flexibility index (Phi) is 5.74. The van der Waals surface area contributed by atoms with Crippen LogP contribution in [0.2, 0.25) is 0 Å². The molecule has 1 heterocycles. The van der Waals surface area contributed by atoms with Crippen LogP contribution in [0.5, 0.6) is 0 Å². The number of hydrogen-bond acceptors (Lipinski definition) is 3. The van der Waals surface area contributed by atoms with E-state index in [4.69, 9.17) is 5.73 Å². The fourth-order valence-electron chi connectivity index (χ4n) is 1.80. The van der Waals surface area contributed by atoms with E-state index in [9.17, 15) is 8.42 Å². The topological polar surface area (TPSA) is 84.5 Å². The number of aliphatic imine (C=N–C) groups is 1. The maximum absolute atomic E-state index is 11.2. The quantitative estimate of drug-likeness (QED) is 0.429. The molecule has 0 aliphatic carbocycles. The molecule has 0 aromatic heterocycles. The summed E-state index contributed by atoms with van der Waals surface area (Å²) in [5.41, 5.74) is 5.71. The number of guanidine groups is 1. The molecule has 0 bridgehead atoms. The first-order valence-electron chi connectivity index (χ1n) is 6.27. The molecule has 100 valence electrons. The summed E-state index contributed by atoms with van der Waals surface area (Å²) in [5.74, 6) is 1.45. The molecule has 0 saturated carbocycles. The summed E-state index contributed by atoms with van der Waals surface area (Å²) < 4.78 is 22.5. The fourth-order valence-corrected chi connectivity index (χ4v) is 3.39. The molecule has 6 heteroatoms. The molecule has 1 aliphatic heterocycles. The largest absolute Gasteiger partial charge is 0.370 e. The summed E-state index contributed by atoms with van der Waals surface area (Å²) in [6, 6.07) is 0. The van der Waals surface area contributed by atoms with Gasteiger partial charge in [0, 0.05) is 13.1 Å². The first kappa shape index (κ1) is 14.3. The summed E-state index contributed by atoms with van der Waals surface area (Å²) >= 11 is 0. The van der Waals surface area contributed by atoms with Crippen LogP contribution < -0.4 is 11.1 Å². The number of nitrogens with two attached hydrogens (primary N) is 1. The number of hydrogen-bond donors (Lipinski definition) is 2. The van der Waals surface area contributed by atoms with Crippen LogP contribution in [0.15, 0.2) is 4.99 Å². The average molecular weight is 261 g/mol. The predicted molar refractivity (Wildman–Crippen MR) is 70.8 cm³/mol. The standard InChI is InChI=1S/C11H23N3O2S/c1-2-3-6-13-11(12)14-9-10-4-7-17(15,16)8-5-10/h10H,2-9H2,1H3,(H3,12,13,14). The SMILES string of the molecule is CCCCNC(N)=NCC1CCS(=O)(=O)CC1. The number of nitrogens with zero attached hydrogens (tertiary/aromatic N) is 1. The van der Waals surface area contributed by atoms with Gasteiger partial charge in [0.2, 0.25) is 0 Å². The van der Waals surface area contributed by atoms with E-state index in [1.165, 1.54) is 0 Å². The van der Waals surface area contributed by atoms with Crippen molar-refractivity contribution in [3.8, 4) is 0 Å². The van der Waals surface area contributed by atoms with Crippen LogP contribution in [0.25, 0.3) is 0 Å². The van der Waals surface area contributed by atoms with Crippen molar-refractivity contribution >= 4 is 15.8 Å². The summed E-state index contributed by atoms with van der Waals surface area (Å²) in [4.78, 5) is 4.26. The molecular weight excluding hydrogens is 238 g/mol. The molecule has 1 aliphatic rings. The molecule has 17 heavy (non-hydrogen) atoms. The molecule has 0 atom stereocenters. The third-order valence-electron chi connectivity index (χ3n) is 3.03. The molecular formula is C11H23N3O2S. The second kappa shape index (κ2) is 6.83. The Bertz CT molecular complexity index is 338. The molecule has 1 saturated heterocycles. The lowest BCUT2D eigenvalue weighted by Gasteiger charge is -2.20. The van der Waals surface area contributed by atoms with Gasteiger partial charge in [-0.05, 0) is 25.2 Å². The molecule has 0 aromatic rings. The summed E-state index contributed by atoms with van der Waals surface area (Å²) in [5, 5.41) is 3.05.